The summed E-state index contributed by atoms with van der Waals surface area (Å²) in [6.45, 7) is 0. The zero-order chi connectivity index (χ0) is 19.2. The van der Waals surface area contributed by atoms with Gasteiger partial charge in [0.05, 0.1) is 39.3 Å². The SMILES string of the molecule is O=S1(=O)C[C@H]2N=C(SCc3ccc(Cl)c(Cl)c3)N(c3ccccc3F)[C@H]2C1. The van der Waals surface area contributed by atoms with E-state index in [-0.39, 0.29) is 23.6 Å². The number of amidine groups is 1. The summed E-state index contributed by atoms with van der Waals surface area (Å²) in [4.78, 5) is 6.33. The van der Waals surface area contributed by atoms with Gasteiger partial charge < -0.3 is 4.90 Å². The Kier molecular flexibility index (Phi) is 5.14. The highest BCUT2D eigenvalue weighted by molar-refractivity contribution is 8.13. The predicted octanol–water partition coefficient (Wildman–Crippen LogP) is 4.41. The van der Waals surface area contributed by atoms with Crippen molar-refractivity contribution in [2.24, 2.45) is 4.99 Å². The van der Waals surface area contributed by atoms with E-state index >= 15 is 0 Å². The van der Waals surface area contributed by atoms with Gasteiger partial charge in [-0.1, -0.05) is 53.2 Å². The number of nitrogens with zero attached hydrogens (tertiary/aromatic N) is 2. The smallest absolute Gasteiger partial charge is 0.164 e. The molecule has 2 aliphatic heterocycles. The summed E-state index contributed by atoms with van der Waals surface area (Å²) in [6, 6.07) is 11.0. The largest absolute Gasteiger partial charge is 0.312 e. The van der Waals surface area contributed by atoms with Crippen LogP contribution in [0.5, 0.6) is 0 Å². The lowest BCUT2D eigenvalue weighted by Gasteiger charge is -2.26. The number of rotatable bonds is 3. The van der Waals surface area contributed by atoms with Crippen molar-refractivity contribution < 1.29 is 12.8 Å². The molecule has 27 heavy (non-hydrogen) atoms. The van der Waals surface area contributed by atoms with Crippen LogP contribution in [0.25, 0.3) is 0 Å². The zero-order valence-electron chi connectivity index (χ0n) is 14.0. The summed E-state index contributed by atoms with van der Waals surface area (Å²) < 4.78 is 38.5. The quantitative estimate of drug-likeness (QED) is 0.703. The van der Waals surface area contributed by atoms with E-state index in [1.54, 1.807) is 35.2 Å². The molecule has 2 atom stereocenters. The number of hydrogen-bond acceptors (Lipinski definition) is 5. The van der Waals surface area contributed by atoms with Crippen LogP contribution < -0.4 is 4.90 Å². The Labute approximate surface area is 171 Å². The first-order valence-corrected chi connectivity index (χ1v) is 11.8. The van der Waals surface area contributed by atoms with Crippen molar-refractivity contribution in [1.82, 2.24) is 0 Å². The lowest BCUT2D eigenvalue weighted by atomic mass is 10.1. The number of hydrogen-bond donors (Lipinski definition) is 0. The number of aliphatic imine (C=N–C) groups is 1. The van der Waals surface area contributed by atoms with Crippen LogP contribution in [0.2, 0.25) is 10.0 Å². The second-order valence-electron chi connectivity index (χ2n) is 6.48. The van der Waals surface area contributed by atoms with Crippen molar-refractivity contribution in [3.8, 4) is 0 Å². The van der Waals surface area contributed by atoms with E-state index in [0.29, 0.717) is 26.7 Å². The first-order valence-electron chi connectivity index (χ1n) is 8.23. The summed E-state index contributed by atoms with van der Waals surface area (Å²) in [5.41, 5.74) is 1.30. The topological polar surface area (TPSA) is 49.7 Å². The molecule has 0 amide bonds. The molecule has 2 aromatic rings. The van der Waals surface area contributed by atoms with Gasteiger partial charge in [-0.25, -0.2) is 12.8 Å². The highest BCUT2D eigenvalue weighted by Gasteiger charge is 2.47. The average molecular weight is 445 g/mol. The van der Waals surface area contributed by atoms with Gasteiger partial charge in [-0.05, 0) is 29.8 Å². The van der Waals surface area contributed by atoms with Crippen LogP contribution in [0.3, 0.4) is 0 Å². The molecule has 4 rings (SSSR count). The van der Waals surface area contributed by atoms with Gasteiger partial charge in [0.15, 0.2) is 15.0 Å². The maximum atomic E-state index is 14.4. The Morgan fingerprint density at radius 3 is 2.67 bits per heavy atom. The molecule has 142 valence electrons. The third kappa shape index (κ3) is 3.83. The van der Waals surface area contributed by atoms with Gasteiger partial charge in [-0.3, -0.25) is 4.99 Å². The lowest BCUT2D eigenvalue weighted by molar-refractivity contribution is 0.600. The van der Waals surface area contributed by atoms with Gasteiger partial charge >= 0.3 is 0 Å². The van der Waals surface area contributed by atoms with E-state index in [1.807, 2.05) is 6.07 Å². The number of halogens is 3. The molecular formula is C18H15Cl2FN2O2S2. The summed E-state index contributed by atoms with van der Waals surface area (Å²) in [5, 5.41) is 1.57. The minimum Gasteiger partial charge on any atom is -0.312 e. The molecule has 4 nitrogen and oxygen atoms in total. The molecule has 0 aliphatic carbocycles. The van der Waals surface area contributed by atoms with E-state index in [2.05, 4.69) is 4.99 Å². The van der Waals surface area contributed by atoms with Crippen LogP contribution in [-0.2, 0) is 15.6 Å². The first kappa shape index (κ1) is 19.1. The number of anilines is 1. The van der Waals surface area contributed by atoms with Crippen LogP contribution in [0.1, 0.15) is 5.56 Å². The average Bonchev–Trinajstić information content (AvgIpc) is 3.08. The van der Waals surface area contributed by atoms with Gasteiger partial charge in [0.1, 0.15) is 5.82 Å². The Bertz CT molecular complexity index is 1030. The highest BCUT2D eigenvalue weighted by Crippen LogP contribution is 2.37. The fraction of sp³-hybridized carbons (Fsp3) is 0.278. The van der Waals surface area contributed by atoms with Crippen molar-refractivity contribution >= 4 is 55.7 Å². The van der Waals surface area contributed by atoms with Crippen LogP contribution >= 0.6 is 35.0 Å². The third-order valence-corrected chi connectivity index (χ3v) is 8.05. The molecule has 0 aromatic heterocycles. The maximum Gasteiger partial charge on any atom is 0.164 e. The van der Waals surface area contributed by atoms with Gasteiger partial charge in [-0.2, -0.15) is 0 Å². The predicted molar refractivity (Wildman–Crippen MR) is 110 cm³/mol. The number of para-hydroxylation sites is 1. The van der Waals surface area contributed by atoms with Crippen molar-refractivity contribution in [1.29, 1.82) is 0 Å². The highest BCUT2D eigenvalue weighted by atomic mass is 35.5. The molecule has 0 bridgehead atoms. The normalized spacial score (nSPS) is 23.4. The second-order valence-corrected chi connectivity index (χ2v) is 10.4. The Morgan fingerprint density at radius 2 is 1.93 bits per heavy atom. The number of thioether (sulfide) groups is 1. The standard InChI is InChI=1S/C18H15Cl2FN2O2S2/c19-12-6-5-11(7-13(12)20)8-26-18-22-15-9-27(24,25)10-17(15)23(18)16-4-2-1-3-14(16)21/h1-7,15,17H,8-10H2/t15-,17+/m1/s1. The molecule has 0 radical (unpaired) electrons. The Balaban J connectivity index is 1.63. The third-order valence-electron chi connectivity index (χ3n) is 4.57. The monoisotopic (exact) mass is 444 g/mol. The van der Waals surface area contributed by atoms with Crippen LogP contribution in [0.15, 0.2) is 47.5 Å². The fourth-order valence-corrected chi connectivity index (χ4v) is 6.56. The Morgan fingerprint density at radius 1 is 1.15 bits per heavy atom. The summed E-state index contributed by atoms with van der Waals surface area (Å²) in [6.07, 6.45) is 0. The molecule has 9 heteroatoms. The molecule has 0 saturated carbocycles. The van der Waals surface area contributed by atoms with E-state index in [1.165, 1.54) is 17.8 Å². The molecule has 0 unspecified atom stereocenters. The van der Waals surface area contributed by atoms with Gasteiger partial charge in [0.25, 0.3) is 0 Å². The number of benzene rings is 2. The molecule has 1 fully saturated rings. The Hall–Kier alpha value is -1.28. The second kappa shape index (κ2) is 7.28. The summed E-state index contributed by atoms with van der Waals surface area (Å²) >= 11 is 13.4. The van der Waals surface area contributed by atoms with E-state index in [0.717, 1.165) is 5.56 Å². The minimum atomic E-state index is -3.17. The summed E-state index contributed by atoms with van der Waals surface area (Å²) in [5.74, 6) is 0.142. The molecule has 2 aliphatic rings. The van der Waals surface area contributed by atoms with Crippen molar-refractivity contribution in [2.75, 3.05) is 16.4 Å². The van der Waals surface area contributed by atoms with Gasteiger partial charge in [0, 0.05) is 5.75 Å². The minimum absolute atomic E-state index is 0.000543. The van der Waals surface area contributed by atoms with Gasteiger partial charge in [0.2, 0.25) is 0 Å². The van der Waals surface area contributed by atoms with Crippen LogP contribution in [0, 0.1) is 5.82 Å². The number of fused-ring (bicyclic) bond motifs is 1. The molecule has 1 saturated heterocycles. The first-order chi connectivity index (χ1) is 12.8. The van der Waals surface area contributed by atoms with Crippen molar-refractivity contribution in [2.45, 2.75) is 17.8 Å². The molecule has 2 aromatic carbocycles. The molecular weight excluding hydrogens is 430 g/mol. The van der Waals surface area contributed by atoms with E-state index in [4.69, 9.17) is 23.2 Å². The number of sulfone groups is 1. The molecule has 2 heterocycles. The van der Waals surface area contributed by atoms with Gasteiger partial charge in [-0.15, -0.1) is 0 Å². The van der Waals surface area contributed by atoms with Crippen molar-refractivity contribution in [3.63, 3.8) is 0 Å². The molecule has 0 N–H and O–H groups in total. The maximum absolute atomic E-state index is 14.4. The fourth-order valence-electron chi connectivity index (χ4n) is 3.34. The summed E-state index contributed by atoms with van der Waals surface area (Å²) in [7, 11) is -3.17. The zero-order valence-corrected chi connectivity index (χ0v) is 17.1. The van der Waals surface area contributed by atoms with Crippen LogP contribution in [-0.4, -0.2) is 37.2 Å². The van der Waals surface area contributed by atoms with Crippen molar-refractivity contribution in [3.05, 3.63) is 63.9 Å². The lowest BCUT2D eigenvalue weighted by Crippen LogP contribution is -2.39. The molecule has 0 spiro atoms. The van der Waals surface area contributed by atoms with Crippen LogP contribution in [0.4, 0.5) is 10.1 Å². The van der Waals surface area contributed by atoms with E-state index < -0.39 is 15.7 Å². The van der Waals surface area contributed by atoms with E-state index in [9.17, 15) is 12.8 Å².